The van der Waals surface area contributed by atoms with E-state index in [4.69, 9.17) is 13.6 Å². The van der Waals surface area contributed by atoms with E-state index in [2.05, 4.69) is 6.58 Å². The summed E-state index contributed by atoms with van der Waals surface area (Å²) < 4.78 is 36.0. The fourth-order valence-electron chi connectivity index (χ4n) is 4.27. The summed E-state index contributed by atoms with van der Waals surface area (Å²) in [5, 5.41) is 0.459. The molecule has 176 valence electrons. The second kappa shape index (κ2) is 9.30. The van der Waals surface area contributed by atoms with Crippen molar-refractivity contribution in [2.24, 2.45) is 0 Å². The number of fused-ring (bicyclic) bond motifs is 1. The minimum Gasteiger partial charge on any atom is -0.489 e. The summed E-state index contributed by atoms with van der Waals surface area (Å²) >= 11 is 0. The highest BCUT2D eigenvalue weighted by Crippen LogP contribution is 2.34. The lowest BCUT2D eigenvalue weighted by Crippen LogP contribution is -2.49. The van der Waals surface area contributed by atoms with Crippen LogP contribution in [0.2, 0.25) is 1.41 Å². The van der Waals surface area contributed by atoms with E-state index in [0.29, 0.717) is 41.9 Å². The van der Waals surface area contributed by atoms with Crippen molar-refractivity contribution in [2.45, 2.75) is 38.5 Å². The molecule has 2 atom stereocenters. The number of carbonyl (C=O) groups excluding carboxylic acids is 3. The lowest BCUT2D eigenvalue weighted by molar-refractivity contribution is -0.143. The highest BCUT2D eigenvalue weighted by molar-refractivity contribution is 6.02. The molecule has 3 aliphatic heterocycles. The summed E-state index contributed by atoms with van der Waals surface area (Å²) in [6, 6.07) is 10.7. The van der Waals surface area contributed by atoms with E-state index in [0.717, 1.165) is 16.0 Å². The first-order valence-corrected chi connectivity index (χ1v) is 11.1. The van der Waals surface area contributed by atoms with Gasteiger partial charge in [-0.3, -0.25) is 14.4 Å². The lowest BCUT2D eigenvalue weighted by Gasteiger charge is -2.31. The minimum absolute atomic E-state index is 0.0105. The number of piperidine rings is 1. The molecular weight excluding hydrogens is 434 g/mol. The maximum atomic E-state index is 13.2. The molecule has 34 heavy (non-hydrogen) atoms. The third-order valence-corrected chi connectivity index (χ3v) is 6.15. The molecule has 2 saturated heterocycles. The van der Waals surface area contributed by atoms with Crippen LogP contribution in [0.25, 0.3) is 0 Å². The summed E-state index contributed by atoms with van der Waals surface area (Å²) in [6.07, 6.45) is -1.29. The number of nitrogens with zero attached hydrogens (tertiary/aromatic N) is 2. The topological polar surface area (TPSA) is 88.2 Å². The van der Waals surface area contributed by atoms with Gasteiger partial charge in [0.1, 0.15) is 25.0 Å². The minimum atomic E-state index is -2.07. The first kappa shape index (κ1) is 18.7. The Morgan fingerprint density at radius 1 is 1.21 bits per heavy atom. The second-order valence-corrected chi connectivity index (χ2v) is 8.41. The van der Waals surface area contributed by atoms with Crippen molar-refractivity contribution < 1.29 is 28.0 Å². The maximum absolute atomic E-state index is 13.2. The van der Waals surface area contributed by atoms with Gasteiger partial charge in [0, 0.05) is 31.3 Å². The SMILES string of the molecule is [2H]C1CC([2H])(N2Cc3c(OCc4ccc(CN5CCOCC5=O)cc4)cccc3C2=O)C(=O)N([2H])C1=C. The van der Waals surface area contributed by atoms with E-state index in [9.17, 15) is 14.4 Å². The van der Waals surface area contributed by atoms with Gasteiger partial charge in [-0.25, -0.2) is 0 Å². The number of morpholine rings is 1. The standard InChI is InChI=1S/C26H27N3O5/c1-17-5-10-22(25(31)27-17)29-14-21-20(26(29)32)3-2-4-23(21)34-15-19-8-6-18(7-9-19)13-28-11-12-33-16-24(28)30/h2-4,6-9,22H,1,5,10-16H2,(H,27,31)/i5D,22D/hD. The molecule has 0 saturated carbocycles. The van der Waals surface area contributed by atoms with E-state index in [1.54, 1.807) is 23.1 Å². The van der Waals surface area contributed by atoms with Gasteiger partial charge in [-0.05, 0) is 36.1 Å². The van der Waals surface area contributed by atoms with E-state index < -0.39 is 24.2 Å². The van der Waals surface area contributed by atoms with Gasteiger partial charge in [0.15, 0.2) is 1.41 Å². The van der Waals surface area contributed by atoms with E-state index in [-0.39, 0.29) is 37.8 Å². The van der Waals surface area contributed by atoms with E-state index >= 15 is 0 Å². The molecule has 3 heterocycles. The van der Waals surface area contributed by atoms with Crippen molar-refractivity contribution in [1.29, 1.82) is 0 Å². The van der Waals surface area contributed by atoms with Crippen LogP contribution in [0.4, 0.5) is 0 Å². The Morgan fingerprint density at radius 2 is 2.00 bits per heavy atom. The van der Waals surface area contributed by atoms with Crippen molar-refractivity contribution in [3.63, 3.8) is 0 Å². The van der Waals surface area contributed by atoms with Gasteiger partial charge in [-0.1, -0.05) is 36.9 Å². The van der Waals surface area contributed by atoms with Crippen LogP contribution in [0.15, 0.2) is 54.7 Å². The van der Waals surface area contributed by atoms with Crippen LogP contribution in [0.5, 0.6) is 5.75 Å². The molecule has 0 spiro atoms. The Hall–Kier alpha value is -3.65. The number of ether oxygens (including phenoxy) is 2. The summed E-state index contributed by atoms with van der Waals surface area (Å²) in [5.41, 5.74) is 2.79. The molecule has 8 heteroatoms. The number of rotatable bonds is 6. The first-order valence-electron chi connectivity index (χ1n) is 12.7. The monoisotopic (exact) mass is 464 g/mol. The first-order chi connectivity index (χ1) is 17.7. The highest BCUT2D eigenvalue weighted by Gasteiger charge is 2.39. The zero-order chi connectivity index (χ0) is 26.3. The van der Waals surface area contributed by atoms with Gasteiger partial charge in [0.2, 0.25) is 11.8 Å². The number of hydrogen-bond donors (Lipinski definition) is 1. The molecule has 0 radical (unpaired) electrons. The molecule has 0 aromatic heterocycles. The molecular formula is C26H27N3O5. The van der Waals surface area contributed by atoms with E-state index in [1.165, 1.54) is 0 Å². The predicted octanol–water partition coefficient (Wildman–Crippen LogP) is 2.37. The van der Waals surface area contributed by atoms with Crippen LogP contribution in [0.1, 0.15) is 42.6 Å². The molecule has 8 nitrogen and oxygen atoms in total. The van der Waals surface area contributed by atoms with Crippen LogP contribution in [0.3, 0.4) is 0 Å². The lowest BCUT2D eigenvalue weighted by atomic mass is 10.0. The second-order valence-electron chi connectivity index (χ2n) is 8.41. The summed E-state index contributed by atoms with van der Waals surface area (Å²) in [6.45, 7) is 5.53. The van der Waals surface area contributed by atoms with Crippen LogP contribution < -0.4 is 10.0 Å². The zero-order valence-corrected chi connectivity index (χ0v) is 18.7. The van der Waals surface area contributed by atoms with Crippen molar-refractivity contribution in [3.05, 3.63) is 77.0 Å². The average molecular weight is 465 g/mol. The molecule has 0 aliphatic carbocycles. The molecule has 0 bridgehead atoms. The molecule has 2 unspecified atom stereocenters. The third-order valence-electron chi connectivity index (χ3n) is 6.15. The van der Waals surface area contributed by atoms with Crippen LogP contribution >= 0.6 is 0 Å². The Kier molecular flexibility index (Phi) is 5.13. The van der Waals surface area contributed by atoms with Crippen molar-refractivity contribution in [2.75, 3.05) is 19.8 Å². The normalized spacial score (nSPS) is 26.3. The number of carbonyl (C=O) groups is 3. The van der Waals surface area contributed by atoms with Crippen molar-refractivity contribution in [3.8, 4) is 5.75 Å². The molecule has 3 amide bonds. The summed E-state index contributed by atoms with van der Waals surface area (Å²) in [7, 11) is 0. The average Bonchev–Trinajstić information content (AvgIpc) is 3.25. The Balaban J connectivity index is 1.28. The number of hydrogen-bond acceptors (Lipinski definition) is 5. The fourth-order valence-corrected chi connectivity index (χ4v) is 4.27. The van der Waals surface area contributed by atoms with Gasteiger partial charge >= 0.3 is 0 Å². The van der Waals surface area contributed by atoms with Gasteiger partial charge in [-0.2, -0.15) is 0 Å². The Bertz CT molecular complexity index is 1270. The van der Waals surface area contributed by atoms with Crippen molar-refractivity contribution >= 4 is 17.7 Å². The zero-order valence-electron chi connectivity index (χ0n) is 21.7. The van der Waals surface area contributed by atoms with Crippen molar-refractivity contribution in [1.82, 2.24) is 15.1 Å². The summed E-state index contributed by atoms with van der Waals surface area (Å²) in [4.78, 5) is 40.8. The van der Waals surface area contributed by atoms with Crippen LogP contribution in [0, 0.1) is 0 Å². The molecule has 5 rings (SSSR count). The van der Waals surface area contributed by atoms with Gasteiger partial charge in [0.05, 0.1) is 14.5 Å². The molecule has 3 aliphatic rings. The van der Waals surface area contributed by atoms with Gasteiger partial charge in [-0.15, -0.1) is 0 Å². The predicted molar refractivity (Wildman–Crippen MR) is 124 cm³/mol. The number of nitrogens with one attached hydrogen (secondary N) is 1. The smallest absolute Gasteiger partial charge is 0.255 e. The van der Waals surface area contributed by atoms with Crippen LogP contribution in [-0.4, -0.2) is 53.3 Å². The Labute approximate surface area is 202 Å². The summed E-state index contributed by atoms with van der Waals surface area (Å²) in [5.74, 6) is -0.955. The third kappa shape index (κ3) is 4.41. The molecule has 1 N–H and O–H groups in total. The largest absolute Gasteiger partial charge is 0.489 e. The fraction of sp³-hybridized carbons (Fsp3) is 0.346. The Morgan fingerprint density at radius 3 is 2.79 bits per heavy atom. The molecule has 2 aromatic carbocycles. The highest BCUT2D eigenvalue weighted by atomic mass is 16.5. The maximum Gasteiger partial charge on any atom is 0.255 e. The van der Waals surface area contributed by atoms with Gasteiger partial charge in [0.25, 0.3) is 5.91 Å². The number of allylic oxidation sites excluding steroid dienone is 1. The number of amides is 3. The number of benzene rings is 2. The van der Waals surface area contributed by atoms with Gasteiger partial charge < -0.3 is 24.6 Å². The van der Waals surface area contributed by atoms with E-state index in [1.807, 2.05) is 24.3 Å². The van der Waals surface area contributed by atoms with Crippen LogP contribution in [-0.2, 0) is 34.0 Å². The molecule has 2 fully saturated rings. The molecule has 2 aromatic rings. The quantitative estimate of drug-likeness (QED) is 0.709.